The van der Waals surface area contributed by atoms with Gasteiger partial charge >= 0.3 is 0 Å². The number of nitrogens with zero attached hydrogens (tertiary/aromatic N) is 2. The minimum Gasteiger partial charge on any atom is -0.508 e. The lowest BCUT2D eigenvalue weighted by Crippen LogP contribution is -2.65. The van der Waals surface area contributed by atoms with E-state index in [1.807, 2.05) is 0 Å². The molecule has 1 aromatic carbocycles. The second kappa shape index (κ2) is 10.4. The highest BCUT2D eigenvalue weighted by atomic mass is 16.5. The van der Waals surface area contributed by atoms with Gasteiger partial charge in [-0.1, -0.05) is 0 Å². The zero-order chi connectivity index (χ0) is 30.8. The molecule has 1 aliphatic heterocycles. The fraction of sp³-hybridized carbons (Fsp3) is 0.517. The Morgan fingerprint density at radius 3 is 2.52 bits per heavy atom. The summed E-state index contributed by atoms with van der Waals surface area (Å²) in [5.41, 5.74) is 2.70. The molecule has 13 nitrogen and oxygen atoms in total. The summed E-state index contributed by atoms with van der Waals surface area (Å²) >= 11 is 0. The second-order valence-electron chi connectivity index (χ2n) is 11.8. The van der Waals surface area contributed by atoms with Gasteiger partial charge in [-0.25, -0.2) is 0 Å². The monoisotopic (exact) mass is 584 g/mol. The quantitative estimate of drug-likeness (QED) is 0.239. The second-order valence-corrected chi connectivity index (χ2v) is 11.8. The number of benzene rings is 1. The summed E-state index contributed by atoms with van der Waals surface area (Å²) in [6.07, 6.45) is 0.892. The van der Waals surface area contributed by atoms with Gasteiger partial charge in [-0.2, -0.15) is 0 Å². The molecule has 0 radical (unpaired) electrons. The number of aliphatic hydroxyl groups excluding tert-OH is 2. The number of likely N-dealkylation sites (tertiary alicyclic amines) is 1. The fourth-order valence-corrected chi connectivity index (χ4v) is 7.35. The van der Waals surface area contributed by atoms with Crippen molar-refractivity contribution in [2.45, 2.75) is 50.4 Å². The van der Waals surface area contributed by atoms with Crippen molar-refractivity contribution in [2.75, 3.05) is 34.3 Å². The summed E-state index contributed by atoms with van der Waals surface area (Å²) in [4.78, 5) is 54.4. The van der Waals surface area contributed by atoms with Gasteiger partial charge in [0.05, 0.1) is 18.7 Å². The normalized spacial score (nSPS) is 29.4. The summed E-state index contributed by atoms with van der Waals surface area (Å²) in [5.74, 6) is -6.69. The first-order valence-corrected chi connectivity index (χ1v) is 13.8. The van der Waals surface area contributed by atoms with Gasteiger partial charge in [0, 0.05) is 55.2 Å². The molecule has 0 unspecified atom stereocenters. The largest absolute Gasteiger partial charge is 0.508 e. The molecule has 1 saturated carbocycles. The SMILES string of the molecule is COc1c(CN2CC[C@@H](NC(C)=O)C2)cc(O)c2c1C[C@H]1C[C@H]3[C@H](N(C)C)C(=O)C(C(N)=O)=C(O)[C@@]3(O)C(=O)C1=C2O. The molecule has 0 aromatic heterocycles. The third-order valence-corrected chi connectivity index (χ3v) is 9.03. The van der Waals surface area contributed by atoms with Crippen molar-refractivity contribution >= 4 is 29.1 Å². The number of nitrogens with one attached hydrogen (secondary N) is 1. The van der Waals surface area contributed by atoms with Gasteiger partial charge in [-0.05, 0) is 45.3 Å². The predicted molar refractivity (Wildman–Crippen MR) is 148 cm³/mol. The zero-order valence-electron chi connectivity index (χ0n) is 23.9. The van der Waals surface area contributed by atoms with E-state index in [0.29, 0.717) is 36.5 Å². The van der Waals surface area contributed by atoms with Gasteiger partial charge in [-0.15, -0.1) is 0 Å². The van der Waals surface area contributed by atoms with Gasteiger partial charge in [-0.3, -0.25) is 29.0 Å². The number of ether oxygens (including phenoxy) is 1. The lowest BCUT2D eigenvalue weighted by Gasteiger charge is -2.50. The highest BCUT2D eigenvalue weighted by Gasteiger charge is 2.64. The van der Waals surface area contributed by atoms with Crippen LogP contribution in [-0.4, -0.2) is 106 Å². The third kappa shape index (κ3) is 4.34. The molecule has 226 valence electrons. The number of Topliss-reactive ketones (excluding diaryl/α,β-unsaturated/α-hetero) is 2. The van der Waals surface area contributed by atoms with Crippen LogP contribution in [0.2, 0.25) is 0 Å². The van der Waals surface area contributed by atoms with E-state index in [1.54, 1.807) is 14.1 Å². The van der Waals surface area contributed by atoms with Crippen LogP contribution in [0.5, 0.6) is 11.5 Å². The average Bonchev–Trinajstić information content (AvgIpc) is 3.31. The number of phenolic OH excluding ortho intramolecular Hbond substituents is 1. The molecule has 7 N–H and O–H groups in total. The van der Waals surface area contributed by atoms with Crippen molar-refractivity contribution in [3.63, 3.8) is 0 Å². The molecule has 0 spiro atoms. The van der Waals surface area contributed by atoms with Crippen molar-refractivity contribution in [2.24, 2.45) is 17.6 Å². The van der Waals surface area contributed by atoms with E-state index in [-0.39, 0.29) is 41.7 Å². The Kier molecular flexibility index (Phi) is 7.32. The number of carbonyl (C=O) groups excluding carboxylic acids is 4. The number of phenols is 1. The first kappa shape index (κ1) is 29.5. The lowest BCUT2D eigenvalue weighted by molar-refractivity contribution is -0.153. The van der Waals surface area contributed by atoms with Crippen LogP contribution in [0.3, 0.4) is 0 Å². The topological polar surface area (TPSA) is 203 Å². The van der Waals surface area contributed by atoms with Gasteiger partial charge in [0.15, 0.2) is 11.4 Å². The van der Waals surface area contributed by atoms with Crippen molar-refractivity contribution in [1.29, 1.82) is 0 Å². The minimum absolute atomic E-state index is 0.00430. The Morgan fingerprint density at radius 1 is 1.24 bits per heavy atom. The van der Waals surface area contributed by atoms with Crippen LogP contribution in [0.15, 0.2) is 23.0 Å². The highest BCUT2D eigenvalue weighted by molar-refractivity contribution is 6.24. The molecule has 3 aliphatic carbocycles. The number of amides is 2. The highest BCUT2D eigenvalue weighted by Crippen LogP contribution is 2.54. The number of hydrogen-bond donors (Lipinski definition) is 6. The summed E-state index contributed by atoms with van der Waals surface area (Å²) < 4.78 is 5.78. The smallest absolute Gasteiger partial charge is 0.255 e. The van der Waals surface area contributed by atoms with Crippen LogP contribution < -0.4 is 15.8 Å². The maximum Gasteiger partial charge on any atom is 0.255 e. The molecule has 1 saturated heterocycles. The van der Waals surface area contributed by atoms with E-state index < -0.39 is 58.0 Å². The first-order valence-electron chi connectivity index (χ1n) is 13.8. The van der Waals surface area contributed by atoms with Gasteiger partial charge in [0.25, 0.3) is 5.91 Å². The molecule has 1 heterocycles. The molecule has 4 aliphatic rings. The number of primary amides is 1. The molecule has 1 aromatic rings. The lowest BCUT2D eigenvalue weighted by atomic mass is 9.57. The molecule has 13 heteroatoms. The Balaban J connectivity index is 1.59. The van der Waals surface area contributed by atoms with E-state index in [9.17, 15) is 39.6 Å². The maximum atomic E-state index is 14.0. The summed E-state index contributed by atoms with van der Waals surface area (Å²) in [7, 11) is 4.57. The molecule has 5 atom stereocenters. The summed E-state index contributed by atoms with van der Waals surface area (Å²) in [6, 6.07) is 0.301. The van der Waals surface area contributed by atoms with Gasteiger partial charge in [0.1, 0.15) is 28.6 Å². The minimum atomic E-state index is -2.69. The number of hydrogen-bond acceptors (Lipinski definition) is 11. The number of ketones is 2. The van der Waals surface area contributed by atoms with Gasteiger partial charge in [0.2, 0.25) is 11.7 Å². The molecule has 2 amide bonds. The first-order chi connectivity index (χ1) is 19.7. The van der Waals surface area contributed by atoms with E-state index in [2.05, 4.69) is 10.2 Å². The number of aromatic hydroxyl groups is 1. The van der Waals surface area contributed by atoms with Gasteiger partial charge < -0.3 is 36.2 Å². The van der Waals surface area contributed by atoms with Crippen LogP contribution in [-0.2, 0) is 32.1 Å². The molecule has 0 bridgehead atoms. The van der Waals surface area contributed by atoms with E-state index in [4.69, 9.17) is 10.5 Å². The average molecular weight is 585 g/mol. The van der Waals surface area contributed by atoms with Crippen LogP contribution in [0.4, 0.5) is 0 Å². The standard InChI is InChI=1S/C29H36N4O9/c1-12(34)31-15-5-6-33(11-15)10-14-9-18(35)20-16(25(14)42-4)7-13-8-17-22(32(2)3)24(37)21(28(30)40)27(39)29(17,41)26(38)19(13)23(20)36/h9,13,15,17,22,35-36,39,41H,5-8,10-11H2,1-4H3,(H2,30,40)(H,31,34)/t13-,15+,17-,22-,29-/m0/s1. The predicted octanol–water partition coefficient (Wildman–Crippen LogP) is -0.317. The number of methoxy groups -OCH3 is 1. The molecule has 2 fully saturated rings. The third-order valence-electron chi connectivity index (χ3n) is 9.03. The number of carbonyl (C=O) groups is 4. The van der Waals surface area contributed by atoms with Crippen molar-refractivity contribution in [3.05, 3.63) is 39.7 Å². The number of rotatable bonds is 6. The Morgan fingerprint density at radius 2 is 1.93 bits per heavy atom. The molecular weight excluding hydrogens is 548 g/mol. The van der Waals surface area contributed by atoms with Crippen LogP contribution in [0, 0.1) is 11.8 Å². The summed E-state index contributed by atoms with van der Waals surface area (Å²) in [6.45, 7) is 3.19. The van der Waals surface area contributed by atoms with Crippen LogP contribution in [0.1, 0.15) is 36.5 Å². The summed E-state index contributed by atoms with van der Waals surface area (Å²) in [5, 5.41) is 48.1. The number of likely N-dealkylation sites (N-methyl/N-ethyl adjacent to an activating group) is 1. The maximum absolute atomic E-state index is 14.0. The zero-order valence-corrected chi connectivity index (χ0v) is 23.9. The number of fused-ring (bicyclic) bond motifs is 3. The van der Waals surface area contributed by atoms with Crippen molar-refractivity contribution in [3.8, 4) is 11.5 Å². The van der Waals surface area contributed by atoms with Crippen molar-refractivity contribution in [1.82, 2.24) is 15.1 Å². The fourth-order valence-electron chi connectivity index (χ4n) is 7.35. The number of nitrogens with two attached hydrogens (primary N) is 1. The Hall–Kier alpha value is -3.94. The molecule has 42 heavy (non-hydrogen) atoms. The van der Waals surface area contributed by atoms with E-state index >= 15 is 0 Å². The van der Waals surface area contributed by atoms with Crippen molar-refractivity contribution < 1.29 is 44.3 Å². The molecular formula is C29H36N4O9. The van der Waals surface area contributed by atoms with E-state index in [1.165, 1.54) is 25.0 Å². The molecule has 5 rings (SSSR count). The Labute approximate surface area is 242 Å². The van der Waals surface area contributed by atoms with E-state index in [0.717, 1.165) is 6.42 Å². The Bertz CT molecular complexity index is 1470. The number of aliphatic hydroxyl groups is 3. The van der Waals surface area contributed by atoms with Crippen LogP contribution in [0.25, 0.3) is 5.76 Å². The van der Waals surface area contributed by atoms with Crippen LogP contribution >= 0.6 is 0 Å².